The van der Waals surface area contributed by atoms with Crippen LogP contribution >= 0.6 is 0 Å². The first-order valence-electron chi connectivity index (χ1n) is 7.28. The number of hydrogen-bond donors (Lipinski definition) is 3. The standard InChI is InChI=1S/C16H22N2O5/c1-10(2)15(16(21)22)18-13(19)8-11-5-4-6-12(7-11)23-9-14(20)17-3/h4-7,10,15H,8-9H2,1-3H3,(H,17,20)(H,18,19)(H,21,22)/t15-/m0/s1. The van der Waals surface area contributed by atoms with Gasteiger partial charge in [-0.15, -0.1) is 0 Å². The van der Waals surface area contributed by atoms with E-state index in [-0.39, 0.29) is 30.8 Å². The van der Waals surface area contributed by atoms with Gasteiger partial charge in [-0.05, 0) is 23.6 Å². The summed E-state index contributed by atoms with van der Waals surface area (Å²) in [5, 5.41) is 14.0. The fourth-order valence-corrected chi connectivity index (χ4v) is 1.89. The molecule has 0 fully saturated rings. The Bertz CT molecular complexity index is 571. The van der Waals surface area contributed by atoms with Gasteiger partial charge in [0.2, 0.25) is 5.91 Å². The first-order valence-corrected chi connectivity index (χ1v) is 7.28. The van der Waals surface area contributed by atoms with Gasteiger partial charge in [0.25, 0.3) is 5.91 Å². The average molecular weight is 322 g/mol. The van der Waals surface area contributed by atoms with Crippen molar-refractivity contribution in [2.75, 3.05) is 13.7 Å². The smallest absolute Gasteiger partial charge is 0.326 e. The molecule has 23 heavy (non-hydrogen) atoms. The number of benzene rings is 1. The second-order valence-corrected chi connectivity index (χ2v) is 5.41. The molecule has 0 heterocycles. The molecule has 7 nitrogen and oxygen atoms in total. The van der Waals surface area contributed by atoms with E-state index in [9.17, 15) is 14.4 Å². The number of likely N-dealkylation sites (N-methyl/N-ethyl adjacent to an activating group) is 1. The van der Waals surface area contributed by atoms with Crippen LogP contribution in [0, 0.1) is 5.92 Å². The summed E-state index contributed by atoms with van der Waals surface area (Å²) in [6.45, 7) is 3.35. The van der Waals surface area contributed by atoms with E-state index in [0.29, 0.717) is 11.3 Å². The molecule has 0 aliphatic heterocycles. The minimum absolute atomic E-state index is 0.0354. The van der Waals surface area contributed by atoms with E-state index in [1.807, 2.05) is 0 Å². The number of amides is 2. The molecule has 1 atom stereocenters. The summed E-state index contributed by atoms with van der Waals surface area (Å²) in [6, 6.07) is 5.85. The molecule has 1 rings (SSSR count). The maximum absolute atomic E-state index is 12.0. The van der Waals surface area contributed by atoms with E-state index >= 15 is 0 Å². The van der Waals surface area contributed by atoms with Crippen LogP contribution in [-0.4, -0.2) is 42.6 Å². The second kappa shape index (κ2) is 8.77. The predicted octanol–water partition coefficient (Wildman–Crippen LogP) is 0.579. The molecule has 0 bridgehead atoms. The third-order valence-electron chi connectivity index (χ3n) is 3.16. The molecular formula is C16H22N2O5. The zero-order valence-electron chi connectivity index (χ0n) is 13.5. The largest absolute Gasteiger partial charge is 0.484 e. The van der Waals surface area contributed by atoms with E-state index in [2.05, 4.69) is 10.6 Å². The van der Waals surface area contributed by atoms with Crippen LogP contribution in [0.5, 0.6) is 5.75 Å². The third kappa shape index (κ3) is 6.37. The van der Waals surface area contributed by atoms with Crippen molar-refractivity contribution < 1.29 is 24.2 Å². The first kappa shape index (κ1) is 18.5. The third-order valence-corrected chi connectivity index (χ3v) is 3.16. The van der Waals surface area contributed by atoms with Crippen LogP contribution in [0.25, 0.3) is 0 Å². The van der Waals surface area contributed by atoms with Gasteiger partial charge in [0.1, 0.15) is 11.8 Å². The number of carboxylic acid groups (broad SMARTS) is 1. The van der Waals surface area contributed by atoms with E-state index in [1.54, 1.807) is 38.1 Å². The summed E-state index contributed by atoms with van der Waals surface area (Å²) in [6.07, 6.45) is 0.0354. The molecule has 0 saturated carbocycles. The van der Waals surface area contributed by atoms with Gasteiger partial charge in [0, 0.05) is 7.05 Å². The monoisotopic (exact) mass is 322 g/mol. The Morgan fingerprint density at radius 1 is 1.22 bits per heavy atom. The topological polar surface area (TPSA) is 105 Å². The number of carboxylic acids is 1. The summed E-state index contributed by atoms with van der Waals surface area (Å²) >= 11 is 0. The lowest BCUT2D eigenvalue weighted by atomic mass is 10.0. The zero-order valence-corrected chi connectivity index (χ0v) is 13.5. The highest BCUT2D eigenvalue weighted by molar-refractivity contribution is 5.85. The van der Waals surface area contributed by atoms with Crippen molar-refractivity contribution >= 4 is 17.8 Å². The van der Waals surface area contributed by atoms with Gasteiger partial charge in [-0.3, -0.25) is 9.59 Å². The van der Waals surface area contributed by atoms with Crippen LogP contribution in [0.3, 0.4) is 0 Å². The van der Waals surface area contributed by atoms with E-state index < -0.39 is 12.0 Å². The number of rotatable bonds is 8. The Balaban J connectivity index is 2.64. The Morgan fingerprint density at radius 2 is 1.91 bits per heavy atom. The molecule has 2 amide bonds. The molecule has 0 aliphatic carbocycles. The van der Waals surface area contributed by atoms with E-state index in [0.717, 1.165) is 0 Å². The highest BCUT2D eigenvalue weighted by Gasteiger charge is 2.23. The average Bonchev–Trinajstić information content (AvgIpc) is 2.50. The van der Waals surface area contributed by atoms with Gasteiger partial charge in [-0.25, -0.2) is 4.79 Å². The van der Waals surface area contributed by atoms with Gasteiger partial charge < -0.3 is 20.5 Å². The van der Waals surface area contributed by atoms with Crippen molar-refractivity contribution in [1.82, 2.24) is 10.6 Å². The molecule has 0 aliphatic rings. The van der Waals surface area contributed by atoms with Gasteiger partial charge >= 0.3 is 5.97 Å². The minimum atomic E-state index is -1.06. The lowest BCUT2D eigenvalue weighted by molar-refractivity contribution is -0.143. The molecule has 3 N–H and O–H groups in total. The fourth-order valence-electron chi connectivity index (χ4n) is 1.89. The quantitative estimate of drug-likeness (QED) is 0.649. The molecule has 0 radical (unpaired) electrons. The maximum Gasteiger partial charge on any atom is 0.326 e. The van der Waals surface area contributed by atoms with Crippen LogP contribution in [0.4, 0.5) is 0 Å². The molecule has 0 saturated heterocycles. The van der Waals surface area contributed by atoms with Crippen LogP contribution in [0.15, 0.2) is 24.3 Å². The van der Waals surface area contributed by atoms with E-state index in [1.165, 1.54) is 7.05 Å². The molecule has 0 spiro atoms. The van der Waals surface area contributed by atoms with Crippen molar-refractivity contribution in [3.63, 3.8) is 0 Å². The minimum Gasteiger partial charge on any atom is -0.484 e. The van der Waals surface area contributed by atoms with Crippen LogP contribution in [0.1, 0.15) is 19.4 Å². The number of ether oxygens (including phenoxy) is 1. The van der Waals surface area contributed by atoms with Crippen LogP contribution in [-0.2, 0) is 20.8 Å². The SMILES string of the molecule is CNC(=O)COc1cccc(CC(=O)N[C@H](C(=O)O)C(C)C)c1. The van der Waals surface area contributed by atoms with Crippen LogP contribution in [0.2, 0.25) is 0 Å². The normalized spacial score (nSPS) is 11.7. The van der Waals surface area contributed by atoms with Crippen molar-refractivity contribution in [1.29, 1.82) is 0 Å². The molecule has 0 aromatic heterocycles. The summed E-state index contributed by atoms with van der Waals surface area (Å²) in [4.78, 5) is 34.2. The fraction of sp³-hybridized carbons (Fsp3) is 0.438. The Kier molecular flexibility index (Phi) is 7.05. The van der Waals surface area contributed by atoms with E-state index in [4.69, 9.17) is 9.84 Å². The number of aliphatic carboxylic acids is 1. The summed E-state index contributed by atoms with van der Waals surface area (Å²) in [5.74, 6) is -1.43. The van der Waals surface area contributed by atoms with Crippen molar-refractivity contribution in [2.24, 2.45) is 5.92 Å². The lowest BCUT2D eigenvalue weighted by Crippen LogP contribution is -2.44. The number of nitrogens with one attached hydrogen (secondary N) is 2. The van der Waals surface area contributed by atoms with Crippen molar-refractivity contribution in [3.8, 4) is 5.75 Å². The lowest BCUT2D eigenvalue weighted by Gasteiger charge is -2.18. The molecule has 1 aromatic rings. The molecule has 0 unspecified atom stereocenters. The predicted molar refractivity (Wildman–Crippen MR) is 84.1 cm³/mol. The Hall–Kier alpha value is -2.57. The highest BCUT2D eigenvalue weighted by Crippen LogP contribution is 2.14. The molecular weight excluding hydrogens is 300 g/mol. The summed E-state index contributed by atoms with van der Waals surface area (Å²) < 4.78 is 5.30. The number of hydrogen-bond acceptors (Lipinski definition) is 4. The van der Waals surface area contributed by atoms with Crippen LogP contribution < -0.4 is 15.4 Å². The molecule has 1 aromatic carbocycles. The number of carbonyl (C=O) groups is 3. The summed E-state index contributed by atoms with van der Waals surface area (Å²) in [7, 11) is 1.51. The Labute approximate surface area is 135 Å². The first-order chi connectivity index (χ1) is 10.8. The Morgan fingerprint density at radius 3 is 2.48 bits per heavy atom. The molecule has 7 heteroatoms. The van der Waals surface area contributed by atoms with Gasteiger partial charge in [0.15, 0.2) is 6.61 Å². The summed E-state index contributed by atoms with van der Waals surface area (Å²) in [5.41, 5.74) is 0.671. The number of carbonyl (C=O) groups excluding carboxylic acids is 2. The highest BCUT2D eigenvalue weighted by atomic mass is 16.5. The van der Waals surface area contributed by atoms with Gasteiger partial charge in [0.05, 0.1) is 6.42 Å². The van der Waals surface area contributed by atoms with Gasteiger partial charge in [-0.1, -0.05) is 26.0 Å². The van der Waals surface area contributed by atoms with Gasteiger partial charge in [-0.2, -0.15) is 0 Å². The second-order valence-electron chi connectivity index (χ2n) is 5.41. The molecule has 126 valence electrons. The van der Waals surface area contributed by atoms with Crippen molar-refractivity contribution in [3.05, 3.63) is 29.8 Å². The zero-order chi connectivity index (χ0) is 17.4. The van der Waals surface area contributed by atoms with Crippen molar-refractivity contribution in [2.45, 2.75) is 26.3 Å². The maximum atomic E-state index is 12.0.